The maximum atomic E-state index is 13.4. The third-order valence-electron chi connectivity index (χ3n) is 2.73. The number of benzene rings is 2. The molecule has 0 unspecified atom stereocenters. The van der Waals surface area contributed by atoms with E-state index in [4.69, 9.17) is 5.73 Å². The number of nitrogens with one attached hydrogen (secondary N) is 1. The Labute approximate surface area is 124 Å². The van der Waals surface area contributed by atoms with Crippen LogP contribution >= 0.6 is 22.6 Å². The van der Waals surface area contributed by atoms with Crippen molar-refractivity contribution >= 4 is 34.0 Å². The van der Waals surface area contributed by atoms with E-state index in [1.54, 1.807) is 18.2 Å². The summed E-state index contributed by atoms with van der Waals surface area (Å²) >= 11 is 1.90. The Morgan fingerprint density at radius 2 is 1.79 bits per heavy atom. The van der Waals surface area contributed by atoms with Gasteiger partial charge in [-0.1, -0.05) is 12.1 Å². The maximum absolute atomic E-state index is 13.4. The third kappa shape index (κ3) is 3.79. The monoisotopic (exact) mass is 374 g/mol. The molecule has 0 spiro atoms. The zero-order chi connectivity index (χ0) is 13.8. The second kappa shape index (κ2) is 6.18. The SMILES string of the molecule is Nc1cc(I)c(F)cc1NCCc1ccc(F)cc1. The van der Waals surface area contributed by atoms with Crippen LogP contribution in [0.3, 0.4) is 0 Å². The highest BCUT2D eigenvalue weighted by Crippen LogP contribution is 2.23. The molecule has 2 nitrogen and oxygen atoms in total. The lowest BCUT2D eigenvalue weighted by Crippen LogP contribution is -2.07. The summed E-state index contributed by atoms with van der Waals surface area (Å²) in [7, 11) is 0. The molecule has 0 atom stereocenters. The van der Waals surface area contributed by atoms with Gasteiger partial charge in [-0.05, 0) is 52.8 Å². The Morgan fingerprint density at radius 1 is 1.11 bits per heavy atom. The molecule has 5 heteroatoms. The van der Waals surface area contributed by atoms with Crippen LogP contribution < -0.4 is 11.1 Å². The molecule has 0 amide bonds. The molecule has 19 heavy (non-hydrogen) atoms. The average molecular weight is 374 g/mol. The maximum Gasteiger partial charge on any atom is 0.138 e. The van der Waals surface area contributed by atoms with Crippen molar-refractivity contribution in [1.29, 1.82) is 0 Å². The van der Waals surface area contributed by atoms with Crippen LogP contribution in [0.15, 0.2) is 36.4 Å². The van der Waals surface area contributed by atoms with Gasteiger partial charge >= 0.3 is 0 Å². The summed E-state index contributed by atoms with van der Waals surface area (Å²) in [5, 5.41) is 3.08. The predicted molar refractivity (Wildman–Crippen MR) is 82.1 cm³/mol. The fraction of sp³-hybridized carbons (Fsp3) is 0.143. The molecule has 0 aromatic heterocycles. The van der Waals surface area contributed by atoms with Crippen LogP contribution in [0.4, 0.5) is 20.2 Å². The lowest BCUT2D eigenvalue weighted by atomic mass is 10.1. The lowest BCUT2D eigenvalue weighted by molar-refractivity contribution is 0.621. The van der Waals surface area contributed by atoms with Gasteiger partial charge in [-0.15, -0.1) is 0 Å². The first kappa shape index (κ1) is 14.0. The molecular weight excluding hydrogens is 361 g/mol. The van der Waals surface area contributed by atoms with E-state index in [-0.39, 0.29) is 11.6 Å². The van der Waals surface area contributed by atoms with E-state index in [1.807, 2.05) is 22.6 Å². The summed E-state index contributed by atoms with van der Waals surface area (Å²) in [4.78, 5) is 0. The molecule has 0 saturated heterocycles. The molecule has 0 aliphatic heterocycles. The standard InChI is InChI=1S/C14H13F2IN2/c15-10-3-1-9(2-4-10)5-6-19-14-7-11(16)12(17)8-13(14)18/h1-4,7-8,19H,5-6,18H2. The smallest absolute Gasteiger partial charge is 0.138 e. The molecular formula is C14H13F2IN2. The van der Waals surface area contributed by atoms with Crippen molar-refractivity contribution < 1.29 is 8.78 Å². The number of halogens is 3. The van der Waals surface area contributed by atoms with Gasteiger partial charge in [0.15, 0.2) is 0 Å². The van der Waals surface area contributed by atoms with Gasteiger partial charge in [0.1, 0.15) is 11.6 Å². The highest BCUT2D eigenvalue weighted by atomic mass is 127. The van der Waals surface area contributed by atoms with Crippen molar-refractivity contribution in [2.75, 3.05) is 17.6 Å². The number of rotatable bonds is 4. The van der Waals surface area contributed by atoms with Crippen molar-refractivity contribution in [2.45, 2.75) is 6.42 Å². The summed E-state index contributed by atoms with van der Waals surface area (Å²) in [6, 6.07) is 9.30. The molecule has 100 valence electrons. The largest absolute Gasteiger partial charge is 0.397 e. The van der Waals surface area contributed by atoms with Crippen molar-refractivity contribution in [2.24, 2.45) is 0 Å². The highest BCUT2D eigenvalue weighted by Gasteiger charge is 2.05. The van der Waals surface area contributed by atoms with Crippen LogP contribution in [0.2, 0.25) is 0 Å². The average Bonchev–Trinajstić information content (AvgIpc) is 2.38. The topological polar surface area (TPSA) is 38.0 Å². The first-order valence-electron chi connectivity index (χ1n) is 5.79. The molecule has 0 radical (unpaired) electrons. The molecule has 0 heterocycles. The molecule has 0 bridgehead atoms. The molecule has 0 aliphatic carbocycles. The lowest BCUT2D eigenvalue weighted by Gasteiger charge is -2.10. The van der Waals surface area contributed by atoms with Gasteiger partial charge in [0.05, 0.1) is 14.9 Å². The molecule has 0 aliphatic rings. The van der Waals surface area contributed by atoms with E-state index >= 15 is 0 Å². The van der Waals surface area contributed by atoms with E-state index in [0.717, 1.165) is 5.56 Å². The minimum absolute atomic E-state index is 0.249. The first-order chi connectivity index (χ1) is 9.06. The Hall–Kier alpha value is -1.37. The summed E-state index contributed by atoms with van der Waals surface area (Å²) < 4.78 is 26.6. The molecule has 0 fully saturated rings. The minimum Gasteiger partial charge on any atom is -0.397 e. The summed E-state index contributed by atoms with van der Waals surface area (Å²) in [6.45, 7) is 0.607. The van der Waals surface area contributed by atoms with Crippen LogP contribution in [0, 0.1) is 15.2 Å². The molecule has 3 N–H and O–H groups in total. The van der Waals surface area contributed by atoms with Crippen molar-refractivity contribution in [3.05, 3.63) is 57.2 Å². The number of hydrogen-bond acceptors (Lipinski definition) is 2. The van der Waals surface area contributed by atoms with E-state index in [9.17, 15) is 8.78 Å². The zero-order valence-corrected chi connectivity index (χ0v) is 12.2. The molecule has 2 rings (SSSR count). The van der Waals surface area contributed by atoms with Gasteiger partial charge in [0, 0.05) is 12.6 Å². The Morgan fingerprint density at radius 3 is 2.47 bits per heavy atom. The van der Waals surface area contributed by atoms with E-state index in [0.29, 0.717) is 27.9 Å². The van der Waals surface area contributed by atoms with E-state index in [2.05, 4.69) is 5.32 Å². The van der Waals surface area contributed by atoms with Gasteiger partial charge in [-0.25, -0.2) is 8.78 Å². The van der Waals surface area contributed by atoms with Crippen LogP contribution in [0.5, 0.6) is 0 Å². The first-order valence-corrected chi connectivity index (χ1v) is 6.87. The van der Waals surface area contributed by atoms with Crippen molar-refractivity contribution in [1.82, 2.24) is 0 Å². The molecule has 2 aromatic rings. The molecule has 0 saturated carbocycles. The summed E-state index contributed by atoms with van der Waals surface area (Å²) in [5.41, 5.74) is 7.92. The predicted octanol–water partition coefficient (Wildman–Crippen LogP) is 3.81. The van der Waals surface area contributed by atoms with Crippen molar-refractivity contribution in [3.63, 3.8) is 0 Å². The van der Waals surface area contributed by atoms with Crippen LogP contribution in [0.25, 0.3) is 0 Å². The second-order valence-corrected chi connectivity index (χ2v) is 5.32. The van der Waals surface area contributed by atoms with Crippen LogP contribution in [0.1, 0.15) is 5.56 Å². The van der Waals surface area contributed by atoms with Crippen molar-refractivity contribution in [3.8, 4) is 0 Å². The Bertz CT molecular complexity index is 570. The summed E-state index contributed by atoms with van der Waals surface area (Å²) in [5.74, 6) is -0.542. The van der Waals surface area contributed by atoms with Gasteiger partial charge in [-0.2, -0.15) is 0 Å². The minimum atomic E-state index is -0.293. The van der Waals surface area contributed by atoms with Gasteiger partial charge in [0.2, 0.25) is 0 Å². The number of nitrogens with two attached hydrogens (primary N) is 1. The normalized spacial score (nSPS) is 10.5. The van der Waals surface area contributed by atoms with Gasteiger partial charge in [0.25, 0.3) is 0 Å². The zero-order valence-electron chi connectivity index (χ0n) is 10.1. The van der Waals surface area contributed by atoms with E-state index < -0.39 is 0 Å². The Balaban J connectivity index is 1.96. The fourth-order valence-electron chi connectivity index (χ4n) is 1.71. The quantitative estimate of drug-likeness (QED) is 0.631. The van der Waals surface area contributed by atoms with Crippen LogP contribution in [-0.4, -0.2) is 6.54 Å². The number of anilines is 2. The summed E-state index contributed by atoms with van der Waals surface area (Å²) in [6.07, 6.45) is 0.716. The van der Waals surface area contributed by atoms with Gasteiger partial charge in [-0.3, -0.25) is 0 Å². The highest BCUT2D eigenvalue weighted by molar-refractivity contribution is 14.1. The third-order valence-corrected chi connectivity index (χ3v) is 3.56. The number of nitrogen functional groups attached to an aromatic ring is 1. The second-order valence-electron chi connectivity index (χ2n) is 4.16. The fourth-order valence-corrected chi connectivity index (χ4v) is 2.20. The van der Waals surface area contributed by atoms with E-state index in [1.165, 1.54) is 18.2 Å². The number of hydrogen-bond donors (Lipinski definition) is 2. The van der Waals surface area contributed by atoms with Gasteiger partial charge < -0.3 is 11.1 Å². The molecule has 2 aromatic carbocycles. The Kier molecular flexibility index (Phi) is 4.57. The van der Waals surface area contributed by atoms with Crippen LogP contribution in [-0.2, 0) is 6.42 Å².